The third-order valence-corrected chi connectivity index (χ3v) is 10.2. The van der Waals surface area contributed by atoms with Gasteiger partial charge in [0.2, 0.25) is 0 Å². The van der Waals surface area contributed by atoms with Crippen molar-refractivity contribution in [3.63, 3.8) is 0 Å². The van der Waals surface area contributed by atoms with Gasteiger partial charge in [-0.1, -0.05) is 123 Å². The van der Waals surface area contributed by atoms with Crippen molar-refractivity contribution in [1.82, 2.24) is 10.3 Å². The Labute approximate surface area is 442 Å². The number of aromatic nitrogens is 1. The van der Waals surface area contributed by atoms with Gasteiger partial charge in [0.1, 0.15) is 41.1 Å². The zero-order chi connectivity index (χ0) is 53.8. The molecule has 0 unspecified atom stereocenters. The number of nitrogens with one attached hydrogen (secondary N) is 2. The third kappa shape index (κ3) is 21.6. The smallest absolute Gasteiger partial charge is 0.129 e. The largest absolute Gasteiger partial charge is 0.489 e. The zero-order valence-electron chi connectivity index (χ0n) is 44.5. The molecule has 0 saturated heterocycles. The summed E-state index contributed by atoms with van der Waals surface area (Å²) in [5, 5.41) is 4.38. The molecule has 0 amide bonds. The Hall–Kier alpha value is -8.86. The summed E-state index contributed by atoms with van der Waals surface area (Å²) in [6.45, 7) is 29.2. The van der Waals surface area contributed by atoms with Gasteiger partial charge in [-0.25, -0.2) is 0 Å². The van der Waals surface area contributed by atoms with E-state index in [1.807, 2.05) is 205 Å². The minimum Gasteiger partial charge on any atom is -0.489 e. The van der Waals surface area contributed by atoms with Gasteiger partial charge in [0.15, 0.2) is 0 Å². The molecule has 0 radical (unpaired) electrons. The summed E-state index contributed by atoms with van der Waals surface area (Å²) in [7, 11) is 0. The average Bonchev–Trinajstić information content (AvgIpc) is 3.75. The van der Waals surface area contributed by atoms with Crippen molar-refractivity contribution in [3.8, 4) is 41.1 Å². The van der Waals surface area contributed by atoms with E-state index in [0.29, 0.717) is 13.2 Å². The molecule has 0 bridgehead atoms. The highest BCUT2D eigenvalue weighted by atomic mass is 16.5. The van der Waals surface area contributed by atoms with E-state index in [4.69, 9.17) is 25.4 Å². The van der Waals surface area contributed by atoms with Gasteiger partial charge < -0.3 is 34.1 Å². The SMILES string of the molecule is C#Cc1[nH]c2ccc(N(c3cccc(Oc4ccccc4)c3)c3cccc(Oc4ccccc4)c3)cc2c1C.C=C/C(=C\C=C/C)OC/C=C(\C)NC/C=C(\C)Oc1ccccc1.C=CC.C=CCC.C=CCC. The molecule has 6 aromatic carbocycles. The van der Waals surface area contributed by atoms with Crippen molar-refractivity contribution in [2.75, 3.05) is 18.1 Å². The van der Waals surface area contributed by atoms with Gasteiger partial charge in [0.05, 0.1) is 11.5 Å². The molecule has 1 aromatic heterocycles. The number of anilines is 3. The predicted molar refractivity (Wildman–Crippen MR) is 317 cm³/mol. The van der Waals surface area contributed by atoms with Gasteiger partial charge in [-0.05, 0) is 156 Å². The van der Waals surface area contributed by atoms with E-state index in [-0.39, 0.29) is 0 Å². The predicted octanol–water partition coefficient (Wildman–Crippen LogP) is 19.0. The maximum Gasteiger partial charge on any atom is 0.129 e. The van der Waals surface area contributed by atoms with Crippen LogP contribution in [0.15, 0.2) is 256 Å². The Morgan fingerprint density at radius 3 is 1.61 bits per heavy atom. The highest BCUT2D eigenvalue weighted by Crippen LogP contribution is 2.40. The van der Waals surface area contributed by atoms with E-state index in [0.717, 1.165) is 98.0 Å². The monoisotopic (exact) mass is 986 g/mol. The van der Waals surface area contributed by atoms with E-state index in [1.165, 1.54) is 0 Å². The number of rotatable bonds is 19. The van der Waals surface area contributed by atoms with Crippen LogP contribution in [0.1, 0.15) is 65.6 Å². The van der Waals surface area contributed by atoms with E-state index < -0.39 is 0 Å². The van der Waals surface area contributed by atoms with Gasteiger partial charge in [-0.3, -0.25) is 0 Å². The summed E-state index contributed by atoms with van der Waals surface area (Å²) in [6, 6.07) is 51.8. The third-order valence-electron chi connectivity index (χ3n) is 10.2. The fourth-order valence-corrected chi connectivity index (χ4v) is 6.44. The Balaban J connectivity index is 0.000000352. The first-order valence-electron chi connectivity index (χ1n) is 24.8. The molecule has 382 valence electrons. The van der Waals surface area contributed by atoms with Crippen molar-refractivity contribution >= 4 is 28.0 Å². The number of hydrogen-bond donors (Lipinski definition) is 2. The molecule has 7 heteroatoms. The molecule has 2 N–H and O–H groups in total. The molecule has 0 aliphatic heterocycles. The molecular formula is C67H75N3O4. The first kappa shape index (κ1) is 59.4. The minimum atomic E-state index is 0.497. The van der Waals surface area contributed by atoms with Gasteiger partial charge in [0.25, 0.3) is 0 Å². The quantitative estimate of drug-likeness (QED) is 0.0364. The highest BCUT2D eigenvalue weighted by Gasteiger charge is 2.17. The number of fused-ring (bicyclic) bond motifs is 1. The lowest BCUT2D eigenvalue weighted by Gasteiger charge is -2.26. The molecule has 0 atom stereocenters. The second-order valence-electron chi connectivity index (χ2n) is 16.1. The number of nitrogens with zero attached hydrogens (tertiary/aromatic N) is 1. The maximum absolute atomic E-state index is 6.17. The van der Waals surface area contributed by atoms with Gasteiger partial charge >= 0.3 is 0 Å². The van der Waals surface area contributed by atoms with Crippen LogP contribution < -0.4 is 24.4 Å². The molecule has 0 aliphatic carbocycles. The van der Waals surface area contributed by atoms with Crippen LogP contribution in [0.4, 0.5) is 17.1 Å². The van der Waals surface area contributed by atoms with Crippen LogP contribution in [0.3, 0.4) is 0 Å². The molecule has 0 fully saturated rings. The molecule has 0 aliphatic rings. The summed E-state index contributed by atoms with van der Waals surface area (Å²) >= 11 is 0. The molecular weight excluding hydrogens is 911 g/mol. The van der Waals surface area contributed by atoms with Crippen LogP contribution in [-0.2, 0) is 4.74 Å². The first-order valence-corrected chi connectivity index (χ1v) is 24.8. The lowest BCUT2D eigenvalue weighted by Crippen LogP contribution is -2.12. The van der Waals surface area contributed by atoms with E-state index in [1.54, 1.807) is 12.2 Å². The molecule has 74 heavy (non-hydrogen) atoms. The van der Waals surface area contributed by atoms with Crippen LogP contribution in [-0.4, -0.2) is 18.1 Å². The fraction of sp³-hybridized carbons (Fsp3) is 0.164. The lowest BCUT2D eigenvalue weighted by atomic mass is 10.1. The van der Waals surface area contributed by atoms with Crippen LogP contribution >= 0.6 is 0 Å². The van der Waals surface area contributed by atoms with Crippen molar-refractivity contribution in [1.29, 1.82) is 0 Å². The molecule has 7 nitrogen and oxygen atoms in total. The molecule has 1 heterocycles. The van der Waals surface area contributed by atoms with E-state index in [2.05, 4.69) is 91.6 Å². The van der Waals surface area contributed by atoms with Gasteiger partial charge in [-0.2, -0.15) is 0 Å². The molecule has 0 spiro atoms. The average molecular weight is 986 g/mol. The van der Waals surface area contributed by atoms with Crippen LogP contribution in [0.5, 0.6) is 28.7 Å². The first-order chi connectivity index (χ1) is 36.1. The Morgan fingerprint density at radius 2 is 1.14 bits per heavy atom. The maximum atomic E-state index is 6.17. The Bertz CT molecular complexity index is 2830. The van der Waals surface area contributed by atoms with Crippen LogP contribution in [0.25, 0.3) is 10.9 Å². The summed E-state index contributed by atoms with van der Waals surface area (Å²) in [4.78, 5) is 5.53. The van der Waals surface area contributed by atoms with Gasteiger partial charge in [-0.15, -0.1) is 26.2 Å². The van der Waals surface area contributed by atoms with Crippen LogP contribution in [0.2, 0.25) is 0 Å². The topological polar surface area (TPSA) is 68.0 Å². The Kier molecular flexibility index (Phi) is 28.3. The number of hydrogen-bond acceptors (Lipinski definition) is 6. The number of para-hydroxylation sites is 3. The minimum absolute atomic E-state index is 0.497. The summed E-state index contributed by atoms with van der Waals surface area (Å²) in [5.41, 5.74) is 6.79. The van der Waals surface area contributed by atoms with Crippen molar-refractivity contribution in [3.05, 3.63) is 267 Å². The highest BCUT2D eigenvalue weighted by molar-refractivity contribution is 5.91. The standard InChI is InChI=1S/C35H26N2O2.C21H27NO2.2C4H8.C3H6/c1-3-34-25(2)33-24-28(20-21-35(33)36-34)37(26-12-10-18-31(22-26)38-29-14-6-4-7-15-29)27-13-11-19-32(23-27)39-30-16-8-5-9-17-30;1-5-7-11-20(6-2)23-17-15-18(3)22-16-14-19(4)24-21-12-9-8-10-13-21;2*1-3-4-2;1-3-2/h1,4-24,36H,2H3;5-15,22H,2,16-17H2,1,3-4H3;2*3H,1,4H2,2H3;3H,1H2,2H3/b;7-5-,18-15+,19-14+,20-11+;;;. The number of ether oxygens (including phenoxy) is 4. The second-order valence-corrected chi connectivity index (χ2v) is 16.1. The molecule has 0 saturated carbocycles. The number of terminal acetylenes is 1. The van der Waals surface area contributed by atoms with Crippen molar-refractivity contribution in [2.24, 2.45) is 0 Å². The lowest BCUT2D eigenvalue weighted by molar-refractivity contribution is 0.261. The number of H-pyrrole nitrogens is 1. The number of aryl methyl sites for hydroxylation is 1. The molecule has 7 aromatic rings. The summed E-state index contributed by atoms with van der Waals surface area (Å²) in [5.74, 6) is 8.27. The number of allylic oxidation sites excluding steroid dienone is 9. The van der Waals surface area contributed by atoms with E-state index >= 15 is 0 Å². The Morgan fingerprint density at radius 1 is 0.649 bits per heavy atom. The van der Waals surface area contributed by atoms with Crippen LogP contribution in [0, 0.1) is 19.3 Å². The van der Waals surface area contributed by atoms with E-state index in [9.17, 15) is 0 Å². The summed E-state index contributed by atoms with van der Waals surface area (Å²) in [6.07, 6.45) is 24.9. The molecule has 7 rings (SSSR count). The fourth-order valence-electron chi connectivity index (χ4n) is 6.44. The van der Waals surface area contributed by atoms with Gasteiger partial charge in [0, 0.05) is 52.3 Å². The zero-order valence-corrected chi connectivity index (χ0v) is 44.5. The number of benzene rings is 6. The van der Waals surface area contributed by atoms with Crippen molar-refractivity contribution < 1.29 is 18.9 Å². The van der Waals surface area contributed by atoms with Crippen molar-refractivity contribution in [2.45, 2.75) is 61.3 Å². The summed E-state index contributed by atoms with van der Waals surface area (Å²) < 4.78 is 23.7. The second kappa shape index (κ2) is 35.3. The normalized spacial score (nSPS) is 10.7. The number of aromatic amines is 1.